The molecule has 3 nitrogen and oxygen atoms in total. The lowest BCUT2D eigenvalue weighted by molar-refractivity contribution is 1.02. The first-order chi connectivity index (χ1) is 26.3. The number of rotatable bonds is 3. The maximum atomic E-state index is 5.68. The highest BCUT2D eigenvalue weighted by Crippen LogP contribution is 2.48. The molecule has 0 aliphatic heterocycles. The van der Waals surface area contributed by atoms with Gasteiger partial charge in [-0.2, -0.15) is 0 Å². The first-order valence-electron chi connectivity index (χ1n) is 17.8. The lowest BCUT2D eigenvalue weighted by Gasteiger charge is -2.14. The summed E-state index contributed by atoms with van der Waals surface area (Å²) in [6.45, 7) is 0. The van der Waals surface area contributed by atoms with Gasteiger partial charge in [0.15, 0.2) is 0 Å². The highest BCUT2D eigenvalue weighted by Gasteiger charge is 2.25. The van der Waals surface area contributed by atoms with E-state index in [2.05, 4.69) is 168 Å². The third kappa shape index (κ3) is 4.09. The number of fused-ring (bicyclic) bond motifs is 14. The number of hydrogen-bond donors (Lipinski definition) is 0. The molecule has 0 radical (unpaired) electrons. The van der Waals surface area contributed by atoms with Crippen molar-refractivity contribution < 1.29 is 0 Å². The van der Waals surface area contributed by atoms with E-state index in [0.29, 0.717) is 5.95 Å². The van der Waals surface area contributed by atoms with Gasteiger partial charge in [-0.05, 0) is 45.5 Å². The Hall–Kier alpha value is -6.40. The second-order valence-corrected chi connectivity index (χ2v) is 15.7. The molecule has 246 valence electrons. The standard InChI is InChI=1S/C48H27N3S2/c1-2-14-28(15-3-1)29-26-27-33(31-17-5-4-16-30(29)31)43-47-44(37-22-10-13-25-40(37)53-47)50-48(49-43)51-38-23-11-8-20-35(38)41-32-18-6-7-19-34(32)46-42(45(41)51)36-21-9-12-24-39(36)52-46/h1-27H. The number of para-hydroxylation sites is 1. The minimum absolute atomic E-state index is 0.685. The second kappa shape index (κ2) is 11.1. The van der Waals surface area contributed by atoms with Crippen LogP contribution in [0.3, 0.4) is 0 Å². The maximum Gasteiger partial charge on any atom is 0.235 e. The summed E-state index contributed by atoms with van der Waals surface area (Å²) in [6.07, 6.45) is 0. The lowest BCUT2D eigenvalue weighted by Crippen LogP contribution is -2.03. The highest BCUT2D eigenvalue weighted by atomic mass is 32.1. The quantitative estimate of drug-likeness (QED) is 0.183. The third-order valence-corrected chi connectivity index (χ3v) is 13.2. The van der Waals surface area contributed by atoms with Gasteiger partial charge in [0.05, 0.1) is 26.9 Å². The van der Waals surface area contributed by atoms with Crippen molar-refractivity contribution in [2.24, 2.45) is 0 Å². The minimum Gasteiger partial charge on any atom is -0.277 e. The first-order valence-corrected chi connectivity index (χ1v) is 19.5. The van der Waals surface area contributed by atoms with E-state index in [1.54, 1.807) is 11.3 Å². The van der Waals surface area contributed by atoms with Crippen molar-refractivity contribution in [3.05, 3.63) is 164 Å². The van der Waals surface area contributed by atoms with Crippen LogP contribution in [0.5, 0.6) is 0 Å². The van der Waals surface area contributed by atoms with Crippen molar-refractivity contribution in [1.82, 2.24) is 14.5 Å². The molecule has 53 heavy (non-hydrogen) atoms. The van der Waals surface area contributed by atoms with E-state index < -0.39 is 0 Å². The molecule has 0 N–H and O–H groups in total. The Balaban J connectivity index is 1.27. The van der Waals surface area contributed by atoms with Crippen LogP contribution in [0, 0.1) is 0 Å². The van der Waals surface area contributed by atoms with Crippen molar-refractivity contribution in [3.8, 4) is 28.3 Å². The van der Waals surface area contributed by atoms with E-state index in [0.717, 1.165) is 37.9 Å². The number of benzene rings is 8. The molecule has 12 aromatic rings. The van der Waals surface area contributed by atoms with Crippen LogP contribution < -0.4 is 0 Å². The predicted octanol–water partition coefficient (Wildman–Crippen LogP) is 13.9. The molecular formula is C48H27N3S2. The zero-order valence-electron chi connectivity index (χ0n) is 28.2. The zero-order chi connectivity index (χ0) is 34.6. The Morgan fingerprint density at radius 1 is 0.396 bits per heavy atom. The lowest BCUT2D eigenvalue weighted by atomic mass is 9.93. The molecule has 0 aliphatic rings. The molecule has 4 aromatic heterocycles. The molecule has 5 heteroatoms. The van der Waals surface area contributed by atoms with Gasteiger partial charge in [0.1, 0.15) is 0 Å². The van der Waals surface area contributed by atoms with Crippen molar-refractivity contribution in [2.75, 3.05) is 0 Å². The first kappa shape index (κ1) is 29.2. The van der Waals surface area contributed by atoms with Crippen LogP contribution in [0.2, 0.25) is 0 Å². The van der Waals surface area contributed by atoms with Gasteiger partial charge in [-0.1, -0.05) is 146 Å². The van der Waals surface area contributed by atoms with Gasteiger partial charge < -0.3 is 0 Å². The molecule has 8 aromatic carbocycles. The van der Waals surface area contributed by atoms with E-state index in [1.165, 1.54) is 68.3 Å². The van der Waals surface area contributed by atoms with E-state index in [-0.39, 0.29) is 0 Å². The van der Waals surface area contributed by atoms with Gasteiger partial charge in [-0.15, -0.1) is 22.7 Å². The summed E-state index contributed by atoms with van der Waals surface area (Å²) in [5.74, 6) is 0.685. The molecule has 0 fully saturated rings. The Labute approximate surface area is 311 Å². The SMILES string of the molecule is c1ccc(-c2ccc(-c3nc(-n4c5ccccc5c5c6ccccc6c6sc7ccccc7c6c54)nc4c3sc3ccccc34)c3ccccc23)cc1. The molecule has 0 saturated heterocycles. The number of thiophene rings is 2. The van der Waals surface area contributed by atoms with Gasteiger partial charge >= 0.3 is 0 Å². The largest absolute Gasteiger partial charge is 0.277 e. The average Bonchev–Trinajstić information content (AvgIpc) is 3.91. The van der Waals surface area contributed by atoms with Crippen molar-refractivity contribution in [2.45, 2.75) is 0 Å². The van der Waals surface area contributed by atoms with E-state index in [4.69, 9.17) is 9.97 Å². The van der Waals surface area contributed by atoms with Crippen LogP contribution in [-0.4, -0.2) is 14.5 Å². The summed E-state index contributed by atoms with van der Waals surface area (Å²) in [5, 5.41) is 11.0. The van der Waals surface area contributed by atoms with Crippen LogP contribution in [0.4, 0.5) is 0 Å². The normalized spacial score (nSPS) is 12.2. The average molecular weight is 710 g/mol. The Bertz CT molecular complexity index is 3460. The number of nitrogens with zero attached hydrogens (tertiary/aromatic N) is 3. The highest BCUT2D eigenvalue weighted by molar-refractivity contribution is 7.27. The minimum atomic E-state index is 0.685. The molecule has 0 atom stereocenters. The van der Waals surface area contributed by atoms with Crippen molar-refractivity contribution >= 4 is 106 Å². The van der Waals surface area contributed by atoms with E-state index >= 15 is 0 Å². The van der Waals surface area contributed by atoms with Crippen LogP contribution in [0.1, 0.15) is 0 Å². The molecule has 0 spiro atoms. The third-order valence-electron chi connectivity index (χ3n) is 10.8. The van der Waals surface area contributed by atoms with Crippen molar-refractivity contribution in [3.63, 3.8) is 0 Å². The molecule has 0 saturated carbocycles. The molecular weight excluding hydrogens is 683 g/mol. The fourth-order valence-electron chi connectivity index (χ4n) is 8.56. The van der Waals surface area contributed by atoms with Crippen LogP contribution >= 0.6 is 22.7 Å². The Morgan fingerprint density at radius 3 is 1.75 bits per heavy atom. The smallest absolute Gasteiger partial charge is 0.235 e. The summed E-state index contributed by atoms with van der Waals surface area (Å²) < 4.78 is 7.24. The van der Waals surface area contributed by atoms with Crippen LogP contribution in [-0.2, 0) is 0 Å². The fourth-order valence-corrected chi connectivity index (χ4v) is 11.0. The fraction of sp³-hybridized carbons (Fsp3) is 0. The second-order valence-electron chi connectivity index (χ2n) is 13.6. The summed E-state index contributed by atoms with van der Waals surface area (Å²) in [4.78, 5) is 11.2. The molecule has 0 bridgehead atoms. The van der Waals surface area contributed by atoms with Crippen LogP contribution in [0.15, 0.2) is 164 Å². The number of hydrogen-bond acceptors (Lipinski definition) is 4. The van der Waals surface area contributed by atoms with Gasteiger partial charge in [-0.25, -0.2) is 9.97 Å². The van der Waals surface area contributed by atoms with Crippen molar-refractivity contribution in [1.29, 1.82) is 0 Å². The Kier molecular flexibility index (Phi) is 6.09. The summed E-state index contributed by atoms with van der Waals surface area (Å²) in [5.41, 5.74) is 7.73. The van der Waals surface area contributed by atoms with Crippen LogP contribution in [0.25, 0.3) is 112 Å². The molecule has 0 amide bonds. The molecule has 4 heterocycles. The maximum absolute atomic E-state index is 5.68. The topological polar surface area (TPSA) is 30.7 Å². The molecule has 0 aliphatic carbocycles. The van der Waals surface area contributed by atoms with Gasteiger partial charge in [-0.3, -0.25) is 4.57 Å². The number of aromatic nitrogens is 3. The summed E-state index contributed by atoms with van der Waals surface area (Å²) in [7, 11) is 0. The van der Waals surface area contributed by atoms with Gasteiger partial charge in [0.2, 0.25) is 5.95 Å². The zero-order valence-corrected chi connectivity index (χ0v) is 29.9. The Morgan fingerprint density at radius 2 is 0.962 bits per heavy atom. The monoisotopic (exact) mass is 709 g/mol. The van der Waals surface area contributed by atoms with Gasteiger partial charge in [0.25, 0.3) is 0 Å². The van der Waals surface area contributed by atoms with E-state index in [1.807, 2.05) is 11.3 Å². The van der Waals surface area contributed by atoms with Gasteiger partial charge in [0, 0.05) is 52.0 Å². The van der Waals surface area contributed by atoms with E-state index in [9.17, 15) is 0 Å². The predicted molar refractivity (Wildman–Crippen MR) is 228 cm³/mol. The summed E-state index contributed by atoms with van der Waals surface area (Å²) in [6, 6.07) is 59.1. The molecule has 12 rings (SSSR count). The summed E-state index contributed by atoms with van der Waals surface area (Å²) >= 11 is 3.65. The molecule has 0 unspecified atom stereocenters.